The molecule has 116 valence electrons. The molecule has 6 nitrogen and oxygen atoms in total. The molecule has 3 N–H and O–H groups in total. The Morgan fingerprint density at radius 1 is 1.27 bits per heavy atom. The van der Waals surface area contributed by atoms with E-state index in [2.05, 4.69) is 10.6 Å². The zero-order valence-corrected chi connectivity index (χ0v) is 12.3. The summed E-state index contributed by atoms with van der Waals surface area (Å²) in [5.41, 5.74) is -0.217. The summed E-state index contributed by atoms with van der Waals surface area (Å²) < 4.78 is 0. The molecular weight excluding hydrogens is 284 g/mol. The van der Waals surface area contributed by atoms with E-state index in [-0.39, 0.29) is 11.8 Å². The number of carboxylic acid groups (broad SMARTS) is 1. The van der Waals surface area contributed by atoms with Crippen LogP contribution in [0, 0.1) is 11.8 Å². The summed E-state index contributed by atoms with van der Waals surface area (Å²) >= 11 is 0. The summed E-state index contributed by atoms with van der Waals surface area (Å²) in [6.07, 6.45) is 1.79. The van der Waals surface area contributed by atoms with Crippen LogP contribution >= 0.6 is 0 Å². The van der Waals surface area contributed by atoms with Crippen LogP contribution in [0.3, 0.4) is 0 Å². The molecule has 2 unspecified atom stereocenters. The summed E-state index contributed by atoms with van der Waals surface area (Å²) in [6, 6.07) is 6.55. The summed E-state index contributed by atoms with van der Waals surface area (Å²) in [6.45, 7) is 2.02. The maximum Gasteiger partial charge on any atom is 0.329 e. The molecular formula is C16H18N2O4. The number of nitrogens with one attached hydrogen (secondary N) is 2. The number of carbonyl (C=O) groups excluding carboxylic acids is 2. The Balaban J connectivity index is 1.67. The van der Waals surface area contributed by atoms with Crippen LogP contribution in [-0.2, 0) is 9.59 Å². The maximum atomic E-state index is 12.2. The molecule has 0 aliphatic heterocycles. The molecule has 3 rings (SSSR count). The zero-order valence-electron chi connectivity index (χ0n) is 12.3. The summed E-state index contributed by atoms with van der Waals surface area (Å²) in [5, 5.41) is 14.4. The van der Waals surface area contributed by atoms with Crippen LogP contribution in [0.1, 0.15) is 36.5 Å². The van der Waals surface area contributed by atoms with Gasteiger partial charge in [-0.3, -0.25) is 9.59 Å². The van der Waals surface area contributed by atoms with Gasteiger partial charge in [0.1, 0.15) is 5.54 Å². The van der Waals surface area contributed by atoms with E-state index in [1.807, 2.05) is 6.92 Å². The number of hydrogen-bond acceptors (Lipinski definition) is 3. The number of carboxylic acids is 1. The van der Waals surface area contributed by atoms with Crippen molar-refractivity contribution in [3.05, 3.63) is 29.8 Å². The molecule has 1 aromatic carbocycles. The van der Waals surface area contributed by atoms with E-state index in [0.29, 0.717) is 30.0 Å². The zero-order chi connectivity index (χ0) is 15.9. The molecule has 0 saturated heterocycles. The van der Waals surface area contributed by atoms with Crippen molar-refractivity contribution in [2.45, 2.75) is 31.7 Å². The third kappa shape index (κ3) is 2.81. The van der Waals surface area contributed by atoms with Crippen molar-refractivity contribution in [2.75, 3.05) is 5.32 Å². The van der Waals surface area contributed by atoms with Gasteiger partial charge in [-0.1, -0.05) is 13.0 Å². The fourth-order valence-corrected chi connectivity index (χ4v) is 2.47. The van der Waals surface area contributed by atoms with Gasteiger partial charge >= 0.3 is 5.97 Å². The predicted octanol–water partition coefficient (Wildman–Crippen LogP) is 1.63. The molecule has 2 atom stereocenters. The number of amides is 2. The van der Waals surface area contributed by atoms with E-state index in [1.54, 1.807) is 24.3 Å². The highest BCUT2D eigenvalue weighted by atomic mass is 16.4. The van der Waals surface area contributed by atoms with Gasteiger partial charge in [0, 0.05) is 17.2 Å². The van der Waals surface area contributed by atoms with Crippen molar-refractivity contribution >= 4 is 23.5 Å². The van der Waals surface area contributed by atoms with Crippen LogP contribution < -0.4 is 10.6 Å². The Labute approximate surface area is 127 Å². The normalized spacial score (nSPS) is 24.2. The Bertz CT molecular complexity index is 651. The second-order valence-corrected chi connectivity index (χ2v) is 6.23. The molecule has 1 aromatic rings. The molecule has 0 aromatic heterocycles. The topological polar surface area (TPSA) is 95.5 Å². The van der Waals surface area contributed by atoms with Crippen molar-refractivity contribution in [1.82, 2.24) is 5.32 Å². The maximum absolute atomic E-state index is 12.2. The third-order valence-electron chi connectivity index (χ3n) is 4.35. The highest BCUT2D eigenvalue weighted by Gasteiger charge is 2.51. The summed E-state index contributed by atoms with van der Waals surface area (Å²) in [7, 11) is 0. The lowest BCUT2D eigenvalue weighted by molar-refractivity contribution is -0.140. The van der Waals surface area contributed by atoms with Crippen molar-refractivity contribution in [1.29, 1.82) is 0 Å². The van der Waals surface area contributed by atoms with Crippen LogP contribution in [0.25, 0.3) is 0 Å². The Morgan fingerprint density at radius 3 is 2.50 bits per heavy atom. The van der Waals surface area contributed by atoms with Gasteiger partial charge in [0.25, 0.3) is 5.91 Å². The molecule has 22 heavy (non-hydrogen) atoms. The molecule has 2 aliphatic rings. The Morgan fingerprint density at radius 2 is 1.95 bits per heavy atom. The number of hydrogen-bond donors (Lipinski definition) is 3. The molecule has 2 saturated carbocycles. The van der Waals surface area contributed by atoms with Crippen LogP contribution in [0.2, 0.25) is 0 Å². The number of aliphatic carboxylic acids is 1. The van der Waals surface area contributed by atoms with Crippen LogP contribution in [0.5, 0.6) is 0 Å². The fourth-order valence-electron chi connectivity index (χ4n) is 2.47. The molecule has 2 fully saturated rings. The predicted molar refractivity (Wildman–Crippen MR) is 79.4 cm³/mol. The second-order valence-electron chi connectivity index (χ2n) is 6.23. The lowest BCUT2D eigenvalue weighted by atomic mass is 10.1. The standard InChI is InChI=1S/C16H18N2O4/c1-9-7-12(9)14(20)17-11-4-2-3-10(8-11)13(19)18-16(5-6-16)15(21)22/h2-4,8-9,12H,5-7H2,1H3,(H,17,20)(H,18,19)(H,21,22). The molecule has 2 aliphatic carbocycles. The summed E-state index contributed by atoms with van der Waals surface area (Å²) in [5.74, 6) is -1.01. The molecule has 2 amide bonds. The lowest BCUT2D eigenvalue weighted by Crippen LogP contribution is -2.43. The monoisotopic (exact) mass is 302 g/mol. The summed E-state index contributed by atoms with van der Waals surface area (Å²) in [4.78, 5) is 35.2. The van der Waals surface area contributed by atoms with Gasteiger partial charge in [-0.05, 0) is 43.4 Å². The number of anilines is 1. The van der Waals surface area contributed by atoms with Crippen molar-refractivity contribution < 1.29 is 19.5 Å². The van der Waals surface area contributed by atoms with E-state index in [4.69, 9.17) is 5.11 Å². The number of rotatable bonds is 5. The molecule has 0 bridgehead atoms. The van der Waals surface area contributed by atoms with Gasteiger partial charge in [-0.2, -0.15) is 0 Å². The average molecular weight is 302 g/mol. The SMILES string of the molecule is CC1CC1C(=O)Nc1cccc(C(=O)NC2(C(=O)O)CC2)c1. The van der Waals surface area contributed by atoms with E-state index in [9.17, 15) is 14.4 Å². The van der Waals surface area contributed by atoms with Gasteiger partial charge in [-0.25, -0.2) is 4.79 Å². The van der Waals surface area contributed by atoms with Gasteiger partial charge in [0.15, 0.2) is 0 Å². The van der Waals surface area contributed by atoms with Crippen molar-refractivity contribution in [2.24, 2.45) is 11.8 Å². The average Bonchev–Trinajstić information content (AvgIpc) is 3.37. The second kappa shape index (κ2) is 5.12. The molecule has 0 spiro atoms. The van der Waals surface area contributed by atoms with Crippen LogP contribution in [-0.4, -0.2) is 28.4 Å². The quantitative estimate of drug-likeness (QED) is 0.770. The smallest absolute Gasteiger partial charge is 0.329 e. The first kappa shape index (κ1) is 14.6. The van der Waals surface area contributed by atoms with Gasteiger partial charge in [0.05, 0.1) is 0 Å². The third-order valence-corrected chi connectivity index (χ3v) is 4.35. The van der Waals surface area contributed by atoms with Gasteiger partial charge < -0.3 is 15.7 Å². The molecule has 6 heteroatoms. The minimum absolute atomic E-state index is 0.0331. The van der Waals surface area contributed by atoms with Crippen LogP contribution in [0.15, 0.2) is 24.3 Å². The van der Waals surface area contributed by atoms with E-state index in [0.717, 1.165) is 6.42 Å². The first-order valence-electron chi connectivity index (χ1n) is 7.38. The Kier molecular flexibility index (Phi) is 3.39. The van der Waals surface area contributed by atoms with Crippen LogP contribution in [0.4, 0.5) is 5.69 Å². The van der Waals surface area contributed by atoms with Gasteiger partial charge in [0.2, 0.25) is 5.91 Å². The van der Waals surface area contributed by atoms with E-state index >= 15 is 0 Å². The van der Waals surface area contributed by atoms with E-state index in [1.165, 1.54) is 0 Å². The largest absolute Gasteiger partial charge is 0.480 e. The number of carbonyl (C=O) groups is 3. The first-order valence-corrected chi connectivity index (χ1v) is 7.38. The van der Waals surface area contributed by atoms with Gasteiger partial charge in [-0.15, -0.1) is 0 Å². The van der Waals surface area contributed by atoms with Crippen molar-refractivity contribution in [3.63, 3.8) is 0 Å². The fraction of sp³-hybridized carbons (Fsp3) is 0.438. The highest BCUT2D eigenvalue weighted by Crippen LogP contribution is 2.38. The van der Waals surface area contributed by atoms with E-state index < -0.39 is 17.4 Å². The minimum atomic E-state index is -1.11. The Hall–Kier alpha value is -2.37. The highest BCUT2D eigenvalue weighted by molar-refractivity contribution is 6.01. The molecule has 0 radical (unpaired) electrons. The first-order chi connectivity index (χ1) is 10.4. The molecule has 0 heterocycles. The van der Waals surface area contributed by atoms with Crippen molar-refractivity contribution in [3.8, 4) is 0 Å². The minimum Gasteiger partial charge on any atom is -0.480 e. The number of benzene rings is 1. The lowest BCUT2D eigenvalue weighted by Gasteiger charge is -2.13.